The normalized spacial score (nSPS) is 24.1. The molecule has 1 saturated carbocycles. The average Bonchev–Trinajstić information content (AvgIpc) is 3.14. The standard InChI is InChI=1S/C24H34FN3O4S/c1-18(29)19-7-8-23(22(25)15-19)27-12-10-26(11-13-27)16-24(30)28(20-5-3-2-4-6-20)21-9-14-33(31,32)17-21/h7-8,15,20-21H,2-6,9-14,16-17H2,1H3/t21-/m0/s1. The molecule has 1 aliphatic carbocycles. The zero-order chi connectivity index (χ0) is 23.6. The summed E-state index contributed by atoms with van der Waals surface area (Å²) in [4.78, 5) is 30.8. The average molecular weight is 480 g/mol. The van der Waals surface area contributed by atoms with E-state index < -0.39 is 15.7 Å². The van der Waals surface area contributed by atoms with Crippen LogP contribution < -0.4 is 4.90 Å². The Balaban J connectivity index is 1.38. The van der Waals surface area contributed by atoms with Crippen LogP contribution >= 0.6 is 0 Å². The van der Waals surface area contributed by atoms with Crippen molar-refractivity contribution in [1.29, 1.82) is 0 Å². The summed E-state index contributed by atoms with van der Waals surface area (Å²) in [6.07, 6.45) is 5.78. The van der Waals surface area contributed by atoms with Crippen LogP contribution in [0.2, 0.25) is 0 Å². The highest BCUT2D eigenvalue weighted by molar-refractivity contribution is 7.91. The van der Waals surface area contributed by atoms with Crippen molar-refractivity contribution < 1.29 is 22.4 Å². The first-order chi connectivity index (χ1) is 15.7. The monoisotopic (exact) mass is 479 g/mol. The van der Waals surface area contributed by atoms with Crippen molar-refractivity contribution in [3.05, 3.63) is 29.6 Å². The minimum absolute atomic E-state index is 0.0226. The summed E-state index contributed by atoms with van der Waals surface area (Å²) in [5, 5.41) is 0. The Hall–Kier alpha value is -2.00. The molecule has 4 rings (SSSR count). The number of sulfone groups is 1. The molecule has 1 aromatic carbocycles. The molecule has 0 radical (unpaired) electrons. The van der Waals surface area contributed by atoms with Crippen LogP contribution in [0.5, 0.6) is 0 Å². The van der Waals surface area contributed by atoms with Crippen molar-refractivity contribution in [2.75, 3.05) is 49.1 Å². The molecule has 0 N–H and O–H groups in total. The number of rotatable bonds is 6. The Morgan fingerprint density at radius 3 is 2.30 bits per heavy atom. The van der Waals surface area contributed by atoms with E-state index in [1.54, 1.807) is 12.1 Å². The van der Waals surface area contributed by atoms with Gasteiger partial charge in [-0.3, -0.25) is 14.5 Å². The Kier molecular flexibility index (Phi) is 7.38. The first-order valence-electron chi connectivity index (χ1n) is 12.0. The van der Waals surface area contributed by atoms with Crippen LogP contribution in [-0.2, 0) is 14.6 Å². The van der Waals surface area contributed by atoms with Crippen molar-refractivity contribution in [3.8, 4) is 0 Å². The van der Waals surface area contributed by atoms with Gasteiger partial charge in [-0.1, -0.05) is 19.3 Å². The van der Waals surface area contributed by atoms with Gasteiger partial charge in [0.25, 0.3) is 0 Å². The van der Waals surface area contributed by atoms with Crippen LogP contribution in [0, 0.1) is 5.82 Å². The molecule has 1 atom stereocenters. The predicted octanol–water partition coefficient (Wildman–Crippen LogP) is 2.50. The van der Waals surface area contributed by atoms with Crippen molar-refractivity contribution in [2.24, 2.45) is 0 Å². The molecule has 2 heterocycles. The summed E-state index contributed by atoms with van der Waals surface area (Å²) >= 11 is 0. The summed E-state index contributed by atoms with van der Waals surface area (Å²) in [6, 6.07) is 4.51. The third kappa shape index (κ3) is 5.74. The van der Waals surface area contributed by atoms with Gasteiger partial charge < -0.3 is 9.80 Å². The molecule has 33 heavy (non-hydrogen) atoms. The highest BCUT2D eigenvalue weighted by Crippen LogP contribution is 2.29. The second-order valence-corrected chi connectivity index (χ2v) is 11.9. The van der Waals surface area contributed by atoms with Gasteiger partial charge in [-0.15, -0.1) is 0 Å². The second kappa shape index (κ2) is 10.1. The molecule has 2 saturated heterocycles. The quantitative estimate of drug-likeness (QED) is 0.584. The van der Waals surface area contributed by atoms with E-state index in [1.165, 1.54) is 19.4 Å². The van der Waals surface area contributed by atoms with Crippen LogP contribution in [0.4, 0.5) is 10.1 Å². The summed E-state index contributed by atoms with van der Waals surface area (Å²) in [6.45, 7) is 4.12. The van der Waals surface area contributed by atoms with Gasteiger partial charge in [0, 0.05) is 43.8 Å². The molecular weight excluding hydrogens is 445 g/mol. The number of anilines is 1. The Labute approximate surface area is 195 Å². The van der Waals surface area contributed by atoms with E-state index in [0.717, 1.165) is 25.7 Å². The fraction of sp³-hybridized carbons (Fsp3) is 0.667. The largest absolute Gasteiger partial charge is 0.367 e. The molecule has 0 unspecified atom stereocenters. The van der Waals surface area contributed by atoms with Gasteiger partial charge >= 0.3 is 0 Å². The Morgan fingerprint density at radius 2 is 1.73 bits per heavy atom. The number of ketones is 1. The summed E-state index contributed by atoms with van der Waals surface area (Å²) < 4.78 is 38.7. The number of carbonyl (C=O) groups is 2. The van der Waals surface area contributed by atoms with Gasteiger partial charge in [-0.2, -0.15) is 0 Å². The van der Waals surface area contributed by atoms with Gasteiger partial charge in [0.15, 0.2) is 15.6 Å². The van der Waals surface area contributed by atoms with E-state index in [-0.39, 0.29) is 41.8 Å². The molecule has 9 heteroatoms. The zero-order valence-corrected chi connectivity index (χ0v) is 20.2. The molecule has 3 fully saturated rings. The fourth-order valence-corrected chi connectivity index (χ4v) is 7.17. The maximum absolute atomic E-state index is 14.5. The zero-order valence-electron chi connectivity index (χ0n) is 19.3. The van der Waals surface area contributed by atoms with Crippen LogP contribution in [0.25, 0.3) is 0 Å². The fourth-order valence-electron chi connectivity index (χ4n) is 5.46. The smallest absolute Gasteiger partial charge is 0.237 e. The molecular formula is C24H34FN3O4S. The Bertz CT molecular complexity index is 985. The van der Waals surface area contributed by atoms with E-state index in [2.05, 4.69) is 4.90 Å². The molecule has 2 aliphatic heterocycles. The van der Waals surface area contributed by atoms with E-state index in [9.17, 15) is 22.4 Å². The number of amides is 1. The van der Waals surface area contributed by atoms with Gasteiger partial charge in [-0.05, 0) is 44.4 Å². The van der Waals surface area contributed by atoms with Gasteiger partial charge in [0.1, 0.15) is 5.82 Å². The molecule has 1 amide bonds. The van der Waals surface area contributed by atoms with E-state index >= 15 is 0 Å². The minimum Gasteiger partial charge on any atom is -0.367 e. The summed E-state index contributed by atoms with van der Waals surface area (Å²) in [7, 11) is -3.07. The molecule has 1 aromatic rings. The third-order valence-electron chi connectivity index (χ3n) is 7.28. The molecule has 0 bridgehead atoms. The minimum atomic E-state index is -3.07. The van der Waals surface area contributed by atoms with Crippen LogP contribution in [0.3, 0.4) is 0 Å². The first kappa shape index (κ1) is 24.1. The first-order valence-corrected chi connectivity index (χ1v) is 13.8. The topological polar surface area (TPSA) is 78.0 Å². The molecule has 3 aliphatic rings. The van der Waals surface area contributed by atoms with Crippen molar-refractivity contribution in [3.63, 3.8) is 0 Å². The number of carbonyl (C=O) groups excluding carboxylic acids is 2. The number of hydrogen-bond acceptors (Lipinski definition) is 6. The van der Waals surface area contributed by atoms with Gasteiger partial charge in [0.2, 0.25) is 5.91 Å². The van der Waals surface area contributed by atoms with Crippen molar-refractivity contribution in [2.45, 2.75) is 57.5 Å². The third-order valence-corrected chi connectivity index (χ3v) is 9.03. The molecule has 0 aromatic heterocycles. The maximum atomic E-state index is 14.5. The lowest BCUT2D eigenvalue weighted by atomic mass is 9.92. The van der Waals surface area contributed by atoms with Crippen molar-refractivity contribution >= 4 is 27.2 Å². The van der Waals surface area contributed by atoms with Gasteiger partial charge in [-0.25, -0.2) is 12.8 Å². The van der Waals surface area contributed by atoms with E-state index in [1.807, 2.05) is 9.80 Å². The highest BCUT2D eigenvalue weighted by Gasteiger charge is 2.39. The Morgan fingerprint density at radius 1 is 1.03 bits per heavy atom. The van der Waals surface area contributed by atoms with Gasteiger partial charge in [0.05, 0.1) is 23.7 Å². The van der Waals surface area contributed by atoms with Crippen LogP contribution in [-0.4, -0.2) is 86.2 Å². The SMILES string of the molecule is CC(=O)c1ccc(N2CCN(CC(=O)N(C3CCCCC3)[C@H]3CCS(=O)(=O)C3)CC2)c(F)c1. The lowest BCUT2D eigenvalue weighted by Gasteiger charge is -2.41. The highest BCUT2D eigenvalue weighted by atomic mass is 32.2. The molecule has 182 valence electrons. The number of piperazine rings is 1. The van der Waals surface area contributed by atoms with E-state index in [4.69, 9.17) is 0 Å². The number of halogens is 1. The van der Waals surface area contributed by atoms with Crippen molar-refractivity contribution in [1.82, 2.24) is 9.80 Å². The lowest BCUT2D eigenvalue weighted by molar-refractivity contribution is -0.137. The summed E-state index contributed by atoms with van der Waals surface area (Å²) in [5.74, 6) is -0.298. The number of hydrogen-bond donors (Lipinski definition) is 0. The predicted molar refractivity (Wildman–Crippen MR) is 126 cm³/mol. The molecule has 7 nitrogen and oxygen atoms in total. The van der Waals surface area contributed by atoms with Crippen LogP contribution in [0.15, 0.2) is 18.2 Å². The summed E-state index contributed by atoms with van der Waals surface area (Å²) in [5.41, 5.74) is 0.836. The van der Waals surface area contributed by atoms with E-state index in [0.29, 0.717) is 43.9 Å². The lowest BCUT2D eigenvalue weighted by Crippen LogP contribution is -2.54. The van der Waals surface area contributed by atoms with Crippen LogP contribution in [0.1, 0.15) is 55.8 Å². The number of nitrogens with zero attached hydrogens (tertiary/aromatic N) is 3. The second-order valence-electron chi connectivity index (χ2n) is 9.64. The number of Topliss-reactive ketones (excluding diaryl/α,β-unsaturated/α-hetero) is 1. The maximum Gasteiger partial charge on any atom is 0.237 e. The number of benzene rings is 1. The molecule has 0 spiro atoms.